The molecule has 0 aliphatic carbocycles. The number of halogens is 3. The van der Waals surface area contributed by atoms with E-state index in [1.807, 2.05) is 11.7 Å². The highest BCUT2D eigenvalue weighted by atomic mass is 32.2. The molecule has 3 heterocycles. The third-order valence-corrected chi connectivity index (χ3v) is 10.3. The molecule has 40 heavy (non-hydrogen) atoms. The molecule has 0 saturated carbocycles. The fourth-order valence-corrected chi connectivity index (χ4v) is 7.31. The smallest absolute Gasteiger partial charge is 0.303 e. The summed E-state index contributed by atoms with van der Waals surface area (Å²) in [5.74, 6) is 0.520. The average molecular weight is 602 g/mol. The minimum Gasteiger partial charge on any atom is -0.303 e. The molecule has 1 aromatic carbocycles. The van der Waals surface area contributed by atoms with Crippen LogP contribution in [0.4, 0.5) is 13.2 Å². The summed E-state index contributed by atoms with van der Waals surface area (Å²) in [5.41, 5.74) is 2.30. The van der Waals surface area contributed by atoms with Crippen LogP contribution in [0, 0.1) is 0 Å². The number of hydrogen-bond donors (Lipinski definition) is 0. The van der Waals surface area contributed by atoms with Crippen LogP contribution in [0.15, 0.2) is 23.1 Å². The lowest BCUT2D eigenvalue weighted by Gasteiger charge is -2.27. The minimum atomic E-state index is -4.47. The van der Waals surface area contributed by atoms with Crippen molar-refractivity contribution in [3.8, 4) is 11.3 Å². The van der Waals surface area contributed by atoms with Crippen molar-refractivity contribution in [1.82, 2.24) is 23.9 Å². The number of likely N-dealkylation sites (tertiary alicyclic amines) is 1. The number of fused-ring (bicyclic) bond motifs is 1. The van der Waals surface area contributed by atoms with E-state index in [-0.39, 0.29) is 11.4 Å². The lowest BCUT2D eigenvalue weighted by atomic mass is 10.0. The number of rotatable bonds is 11. The summed E-state index contributed by atoms with van der Waals surface area (Å²) in [5, 5.41) is 4.90. The number of piperidine rings is 1. The molecule has 2 aliphatic heterocycles. The van der Waals surface area contributed by atoms with Gasteiger partial charge >= 0.3 is 6.18 Å². The zero-order chi connectivity index (χ0) is 29.1. The molecule has 1 aromatic heterocycles. The Hall–Kier alpha value is -1.60. The van der Waals surface area contributed by atoms with Crippen molar-refractivity contribution < 1.29 is 21.6 Å². The number of thioether (sulfide) groups is 1. The van der Waals surface area contributed by atoms with E-state index in [2.05, 4.69) is 23.6 Å². The number of alkyl halides is 3. The van der Waals surface area contributed by atoms with Crippen molar-refractivity contribution in [3.63, 3.8) is 0 Å². The van der Waals surface area contributed by atoms with Crippen molar-refractivity contribution in [1.29, 1.82) is 0 Å². The van der Waals surface area contributed by atoms with Crippen LogP contribution in [0.3, 0.4) is 0 Å². The fourth-order valence-electron chi connectivity index (χ4n) is 5.37. The maximum atomic E-state index is 13.9. The molecule has 1 saturated heterocycles. The summed E-state index contributed by atoms with van der Waals surface area (Å²) in [7, 11) is -1.46. The van der Waals surface area contributed by atoms with Crippen molar-refractivity contribution in [2.75, 3.05) is 51.8 Å². The molecule has 0 amide bonds. The highest BCUT2D eigenvalue weighted by molar-refractivity contribution is 7.99. The SMILES string of the molecule is CC(C)N(C)CCSc1cc(-c2nn(CCCN3CCCCC3)c3c2CN(S(C)(=O)=O)CC3)ccc1C(F)(F)F. The number of aromatic nitrogens is 2. The van der Waals surface area contributed by atoms with Crippen LogP contribution in [-0.4, -0.2) is 90.1 Å². The van der Waals surface area contributed by atoms with Crippen LogP contribution in [0.5, 0.6) is 0 Å². The monoisotopic (exact) mass is 601 g/mol. The lowest BCUT2D eigenvalue weighted by Crippen LogP contribution is -2.35. The lowest BCUT2D eigenvalue weighted by molar-refractivity contribution is -0.139. The Bertz CT molecular complexity index is 1260. The van der Waals surface area contributed by atoms with E-state index < -0.39 is 21.8 Å². The van der Waals surface area contributed by atoms with Crippen LogP contribution in [-0.2, 0) is 35.7 Å². The van der Waals surface area contributed by atoms with Gasteiger partial charge in [0.15, 0.2) is 0 Å². The fraction of sp³-hybridized carbons (Fsp3) is 0.679. The van der Waals surface area contributed by atoms with Crippen molar-refractivity contribution in [2.45, 2.75) is 76.2 Å². The second-order valence-corrected chi connectivity index (χ2v) is 14.4. The normalized spacial score (nSPS) is 17.6. The summed E-state index contributed by atoms with van der Waals surface area (Å²) >= 11 is 1.20. The zero-order valence-electron chi connectivity index (χ0n) is 24.0. The van der Waals surface area contributed by atoms with E-state index in [0.29, 0.717) is 49.1 Å². The second kappa shape index (κ2) is 13.1. The maximum absolute atomic E-state index is 13.9. The van der Waals surface area contributed by atoms with E-state index in [1.165, 1.54) is 47.7 Å². The van der Waals surface area contributed by atoms with Crippen molar-refractivity contribution in [2.24, 2.45) is 0 Å². The van der Waals surface area contributed by atoms with Gasteiger partial charge in [-0.1, -0.05) is 12.5 Å². The van der Waals surface area contributed by atoms with Gasteiger partial charge in [0.2, 0.25) is 10.0 Å². The van der Waals surface area contributed by atoms with Crippen molar-refractivity contribution >= 4 is 21.8 Å². The Morgan fingerprint density at radius 2 is 1.82 bits per heavy atom. The summed E-state index contributed by atoms with van der Waals surface area (Å²) in [4.78, 5) is 4.75. The van der Waals surface area contributed by atoms with Gasteiger partial charge in [-0.15, -0.1) is 11.8 Å². The third-order valence-electron chi connectivity index (χ3n) is 8.00. The number of sulfonamides is 1. The first-order valence-corrected chi connectivity index (χ1v) is 17.0. The third kappa shape index (κ3) is 7.81. The molecular weight excluding hydrogens is 559 g/mol. The highest BCUT2D eigenvalue weighted by Crippen LogP contribution is 2.40. The summed E-state index contributed by atoms with van der Waals surface area (Å²) in [6.45, 7) is 9.23. The van der Waals surface area contributed by atoms with E-state index in [9.17, 15) is 21.6 Å². The van der Waals surface area contributed by atoms with Crippen LogP contribution < -0.4 is 0 Å². The standard InChI is InChI=1S/C28H42F3N5O2S2/c1-21(2)33(3)17-18-39-26-19-22(9-10-24(26)28(29,30)31)27-23-20-35(40(4,37)38)16-11-25(23)36(32-27)15-8-14-34-12-6-5-7-13-34/h9-10,19,21H,5-8,11-18,20H2,1-4H3. The number of nitrogens with zero attached hydrogens (tertiary/aromatic N) is 5. The van der Waals surface area contributed by atoms with Crippen molar-refractivity contribution in [3.05, 3.63) is 35.0 Å². The molecule has 0 spiro atoms. The van der Waals surface area contributed by atoms with Gasteiger partial charge in [-0.3, -0.25) is 4.68 Å². The molecule has 4 rings (SSSR count). The molecule has 0 bridgehead atoms. The number of hydrogen-bond acceptors (Lipinski definition) is 6. The molecule has 1 fully saturated rings. The Kier molecular flexibility index (Phi) is 10.3. The van der Waals surface area contributed by atoms with E-state index in [0.717, 1.165) is 43.4 Å². The molecule has 2 aromatic rings. The van der Waals surface area contributed by atoms with Crippen LogP contribution >= 0.6 is 11.8 Å². The Morgan fingerprint density at radius 1 is 1.10 bits per heavy atom. The quantitative estimate of drug-likeness (QED) is 0.330. The van der Waals surface area contributed by atoms with Crippen LogP contribution in [0.1, 0.15) is 56.4 Å². The first-order valence-electron chi connectivity index (χ1n) is 14.1. The molecule has 7 nitrogen and oxygen atoms in total. The van der Waals surface area contributed by atoms with Gasteiger partial charge in [-0.05, 0) is 71.9 Å². The Balaban J connectivity index is 1.64. The highest BCUT2D eigenvalue weighted by Gasteiger charge is 2.35. The molecule has 12 heteroatoms. The summed E-state index contributed by atoms with van der Waals surface area (Å²) in [6.07, 6.45) is 1.91. The molecule has 2 aliphatic rings. The van der Waals surface area contributed by atoms with Gasteiger partial charge in [-0.25, -0.2) is 8.42 Å². The average Bonchev–Trinajstić information content (AvgIpc) is 3.26. The predicted octanol–water partition coefficient (Wildman–Crippen LogP) is 5.19. The molecule has 0 radical (unpaired) electrons. The number of benzene rings is 1. The van der Waals surface area contributed by atoms with E-state index >= 15 is 0 Å². The first-order chi connectivity index (χ1) is 18.8. The van der Waals surface area contributed by atoms with E-state index in [4.69, 9.17) is 5.10 Å². The van der Waals surface area contributed by atoms with Crippen LogP contribution in [0.25, 0.3) is 11.3 Å². The topological polar surface area (TPSA) is 61.7 Å². The van der Waals surface area contributed by atoms with Gasteiger partial charge in [-0.2, -0.15) is 22.6 Å². The van der Waals surface area contributed by atoms with E-state index in [1.54, 1.807) is 6.07 Å². The number of aryl methyl sites for hydroxylation is 1. The molecule has 0 atom stereocenters. The minimum absolute atomic E-state index is 0.173. The van der Waals surface area contributed by atoms with Gasteiger partial charge in [0.25, 0.3) is 0 Å². The molecule has 0 unspecified atom stereocenters. The second-order valence-electron chi connectivity index (χ2n) is 11.2. The molecular formula is C28H42F3N5O2S2. The van der Waals surface area contributed by atoms with Crippen LogP contribution in [0.2, 0.25) is 0 Å². The summed E-state index contributed by atoms with van der Waals surface area (Å²) < 4.78 is 70.0. The predicted molar refractivity (Wildman–Crippen MR) is 155 cm³/mol. The van der Waals surface area contributed by atoms with Gasteiger partial charge in [0.05, 0.1) is 17.5 Å². The molecule has 224 valence electrons. The summed E-state index contributed by atoms with van der Waals surface area (Å²) in [6, 6.07) is 4.51. The van der Waals surface area contributed by atoms with Gasteiger partial charge in [0.1, 0.15) is 0 Å². The Morgan fingerprint density at radius 3 is 2.48 bits per heavy atom. The zero-order valence-corrected chi connectivity index (χ0v) is 25.6. The maximum Gasteiger partial charge on any atom is 0.417 e. The first kappa shape index (κ1) is 31.3. The molecule has 0 N–H and O–H groups in total. The largest absolute Gasteiger partial charge is 0.417 e. The van der Waals surface area contributed by atoms with Gasteiger partial charge < -0.3 is 9.80 Å². The Labute approximate surface area is 241 Å². The van der Waals surface area contributed by atoms with Gasteiger partial charge in [0, 0.05) is 66.1 Å².